The fraction of sp³-hybridized carbons (Fsp3) is 0.714. The van der Waals surface area contributed by atoms with Gasteiger partial charge in [-0.15, -0.1) is 11.3 Å². The molecule has 0 spiro atoms. The van der Waals surface area contributed by atoms with Crippen molar-refractivity contribution in [2.75, 3.05) is 19.5 Å². The van der Waals surface area contributed by atoms with E-state index in [2.05, 4.69) is 17.3 Å². The highest BCUT2D eigenvalue weighted by atomic mass is 32.1. The highest BCUT2D eigenvalue weighted by molar-refractivity contribution is 7.80. The molecule has 0 saturated heterocycles. The molecule has 0 atom stereocenters. The van der Waals surface area contributed by atoms with Crippen molar-refractivity contribution in [1.29, 1.82) is 0 Å². The van der Waals surface area contributed by atoms with E-state index in [1.807, 2.05) is 0 Å². The van der Waals surface area contributed by atoms with Gasteiger partial charge in [0, 0.05) is 17.5 Å². The Hall–Kier alpha value is -1.14. The number of nitrogens with zero attached hydrogens (tertiary/aromatic N) is 1. The number of thiocarbonyl (C=S) groups is 1. The van der Waals surface area contributed by atoms with Crippen LogP contribution in [-0.4, -0.2) is 35.7 Å². The molecule has 1 aromatic heterocycles. The highest BCUT2D eigenvalue weighted by Crippen LogP contribution is 2.57. The number of ether oxygens (including phenoxy) is 1. The van der Waals surface area contributed by atoms with Gasteiger partial charge in [-0.05, 0) is 93.3 Å². The maximum Gasteiger partial charge on any atom is 0.341 e. The summed E-state index contributed by atoms with van der Waals surface area (Å²) in [6.45, 7) is 0. The van der Waals surface area contributed by atoms with Crippen molar-refractivity contribution < 1.29 is 9.53 Å². The van der Waals surface area contributed by atoms with Crippen LogP contribution in [0.5, 0.6) is 0 Å². The molecule has 0 aliphatic heterocycles. The quantitative estimate of drug-likeness (QED) is 0.588. The zero-order chi connectivity index (χ0) is 18.8. The minimum Gasteiger partial charge on any atom is -0.465 e. The Labute approximate surface area is 170 Å². The highest BCUT2D eigenvalue weighted by Gasteiger charge is 2.53. The van der Waals surface area contributed by atoms with Gasteiger partial charge in [-0.1, -0.05) is 0 Å². The summed E-state index contributed by atoms with van der Waals surface area (Å²) in [4.78, 5) is 16.1. The number of carbonyl (C=O) groups is 1. The maximum atomic E-state index is 12.4. The van der Waals surface area contributed by atoms with Crippen LogP contribution in [0, 0.1) is 17.8 Å². The number of carbonyl (C=O) groups excluding carboxylic acids is 1. The van der Waals surface area contributed by atoms with Crippen LogP contribution < -0.4 is 5.32 Å². The third kappa shape index (κ3) is 2.82. The Morgan fingerprint density at radius 2 is 1.81 bits per heavy atom. The molecule has 0 radical (unpaired) electrons. The van der Waals surface area contributed by atoms with Crippen LogP contribution in [-0.2, 0) is 17.6 Å². The number of methoxy groups -OCH3 is 1. The number of anilines is 1. The zero-order valence-corrected chi connectivity index (χ0v) is 17.8. The van der Waals surface area contributed by atoms with E-state index in [0.717, 1.165) is 52.7 Å². The zero-order valence-electron chi connectivity index (χ0n) is 16.2. The number of aryl methyl sites for hydroxylation is 1. The Morgan fingerprint density at radius 3 is 2.41 bits per heavy atom. The van der Waals surface area contributed by atoms with Gasteiger partial charge in [0.2, 0.25) is 0 Å². The minimum atomic E-state index is -0.239. The lowest BCUT2D eigenvalue weighted by atomic mass is 9.52. The Morgan fingerprint density at radius 1 is 1.19 bits per heavy atom. The number of thiophene rings is 1. The van der Waals surface area contributed by atoms with Crippen LogP contribution in [0.25, 0.3) is 0 Å². The molecular weight excluding hydrogens is 376 g/mol. The van der Waals surface area contributed by atoms with E-state index in [1.54, 1.807) is 11.3 Å². The predicted molar refractivity (Wildman–Crippen MR) is 113 cm³/mol. The SMILES string of the molecule is COC(=O)c1c(NC(=S)N(C)C23CC4CC(CC(C4)C2)C3)sc2c1CCC2. The molecule has 6 heteroatoms. The molecule has 1 aromatic rings. The predicted octanol–water partition coefficient (Wildman–Crippen LogP) is 4.62. The number of nitrogens with one attached hydrogen (secondary N) is 1. The van der Waals surface area contributed by atoms with Gasteiger partial charge in [0.25, 0.3) is 0 Å². The van der Waals surface area contributed by atoms with E-state index in [4.69, 9.17) is 17.0 Å². The van der Waals surface area contributed by atoms with Crippen molar-refractivity contribution in [3.8, 4) is 0 Å². The minimum absolute atomic E-state index is 0.226. The average Bonchev–Trinajstić information content (AvgIpc) is 3.20. The lowest BCUT2D eigenvalue weighted by Crippen LogP contribution is -2.60. The summed E-state index contributed by atoms with van der Waals surface area (Å²) in [5.41, 5.74) is 2.12. The van der Waals surface area contributed by atoms with Gasteiger partial charge < -0.3 is 15.0 Å². The van der Waals surface area contributed by atoms with Gasteiger partial charge in [-0.2, -0.15) is 0 Å². The fourth-order valence-electron chi connectivity index (χ4n) is 6.68. The second kappa shape index (κ2) is 6.45. The molecule has 0 unspecified atom stereocenters. The number of esters is 1. The second-order valence-electron chi connectivity index (χ2n) is 9.18. The van der Waals surface area contributed by atoms with Crippen molar-refractivity contribution in [3.63, 3.8) is 0 Å². The van der Waals surface area contributed by atoms with Crippen LogP contribution in [0.4, 0.5) is 5.00 Å². The molecule has 5 aliphatic carbocycles. The maximum absolute atomic E-state index is 12.4. The number of hydrogen-bond donors (Lipinski definition) is 1. The Balaban J connectivity index is 1.39. The summed E-state index contributed by atoms with van der Waals surface area (Å²) >= 11 is 7.54. The first-order valence-electron chi connectivity index (χ1n) is 10.3. The number of rotatable bonds is 3. The third-order valence-corrected chi connectivity index (χ3v) is 9.14. The Bertz CT molecular complexity index is 765. The third-order valence-electron chi connectivity index (χ3n) is 7.55. The normalized spacial score (nSPS) is 33.0. The molecule has 0 aromatic carbocycles. The molecule has 4 fully saturated rings. The van der Waals surface area contributed by atoms with E-state index in [0.29, 0.717) is 0 Å². The molecule has 1 heterocycles. The standard InChI is InChI=1S/C21H28N2O2S2/c1-23(21-9-12-6-13(10-21)8-14(7-12)11-21)20(26)22-18-17(19(24)25-2)15-4-3-5-16(15)27-18/h12-14H,3-11H2,1-2H3,(H,22,26). The topological polar surface area (TPSA) is 41.6 Å². The molecule has 1 N–H and O–H groups in total. The van der Waals surface area contributed by atoms with Crippen molar-refractivity contribution >= 4 is 39.6 Å². The summed E-state index contributed by atoms with van der Waals surface area (Å²) < 4.78 is 5.07. The fourth-order valence-corrected chi connectivity index (χ4v) is 8.32. The van der Waals surface area contributed by atoms with Gasteiger partial charge in [0.1, 0.15) is 5.00 Å². The number of fused-ring (bicyclic) bond motifs is 1. The average molecular weight is 405 g/mol. The summed E-state index contributed by atoms with van der Waals surface area (Å²) in [7, 11) is 3.63. The Kier molecular flexibility index (Phi) is 4.28. The smallest absolute Gasteiger partial charge is 0.341 e. The van der Waals surface area contributed by atoms with Crippen molar-refractivity contribution in [2.45, 2.75) is 63.3 Å². The molecule has 146 valence electrons. The lowest BCUT2D eigenvalue weighted by Gasteiger charge is -2.60. The van der Waals surface area contributed by atoms with Crippen molar-refractivity contribution in [2.24, 2.45) is 17.8 Å². The van der Waals surface area contributed by atoms with Crippen molar-refractivity contribution in [3.05, 3.63) is 16.0 Å². The van der Waals surface area contributed by atoms with Crippen LogP contribution in [0.1, 0.15) is 65.7 Å². The molecular formula is C21H28N2O2S2. The molecule has 4 saturated carbocycles. The monoisotopic (exact) mass is 404 g/mol. The molecule has 4 bridgehead atoms. The molecule has 6 rings (SSSR count). The van der Waals surface area contributed by atoms with Gasteiger partial charge in [-0.3, -0.25) is 0 Å². The van der Waals surface area contributed by atoms with Crippen LogP contribution >= 0.6 is 23.6 Å². The van der Waals surface area contributed by atoms with Crippen LogP contribution in [0.3, 0.4) is 0 Å². The molecule has 0 amide bonds. The van der Waals surface area contributed by atoms with Gasteiger partial charge in [0.15, 0.2) is 5.11 Å². The van der Waals surface area contributed by atoms with Gasteiger partial charge >= 0.3 is 5.97 Å². The lowest BCUT2D eigenvalue weighted by molar-refractivity contribution is -0.0538. The molecule has 4 nitrogen and oxygen atoms in total. The number of hydrogen-bond acceptors (Lipinski definition) is 4. The first-order valence-corrected chi connectivity index (χ1v) is 11.5. The van der Waals surface area contributed by atoms with Crippen LogP contribution in [0.15, 0.2) is 0 Å². The van der Waals surface area contributed by atoms with E-state index >= 15 is 0 Å². The summed E-state index contributed by atoms with van der Waals surface area (Å²) in [6, 6.07) is 0. The first-order chi connectivity index (χ1) is 13.0. The second-order valence-corrected chi connectivity index (χ2v) is 10.7. The van der Waals surface area contributed by atoms with Crippen molar-refractivity contribution in [1.82, 2.24) is 4.90 Å². The van der Waals surface area contributed by atoms with Gasteiger partial charge in [-0.25, -0.2) is 4.79 Å². The largest absolute Gasteiger partial charge is 0.465 e. The molecule has 27 heavy (non-hydrogen) atoms. The summed E-state index contributed by atoms with van der Waals surface area (Å²) in [6.07, 6.45) is 11.3. The first kappa shape index (κ1) is 17.9. The van der Waals surface area contributed by atoms with Gasteiger partial charge in [0.05, 0.1) is 12.7 Å². The van der Waals surface area contributed by atoms with E-state index in [9.17, 15) is 4.79 Å². The van der Waals surface area contributed by atoms with E-state index < -0.39 is 0 Å². The summed E-state index contributed by atoms with van der Waals surface area (Å²) in [5.74, 6) is 2.42. The van der Waals surface area contributed by atoms with Crippen LogP contribution in [0.2, 0.25) is 0 Å². The van der Waals surface area contributed by atoms with E-state index in [-0.39, 0.29) is 11.5 Å². The van der Waals surface area contributed by atoms with E-state index in [1.165, 1.54) is 56.1 Å². The summed E-state index contributed by atoms with van der Waals surface area (Å²) in [5, 5.41) is 5.10. The molecule has 5 aliphatic rings.